The van der Waals surface area contributed by atoms with Gasteiger partial charge in [-0.2, -0.15) is 18.4 Å². The molecule has 0 N–H and O–H groups in total. The van der Waals surface area contributed by atoms with Crippen LogP contribution in [0.4, 0.5) is 24.7 Å². The summed E-state index contributed by atoms with van der Waals surface area (Å²) in [5, 5.41) is 8.02. The number of nitriles is 1. The molecule has 1 aliphatic heterocycles. The molecule has 0 aliphatic carbocycles. The normalized spacial score (nSPS) is 15.3. The number of carbonyl (C=O) groups excluding carboxylic acids is 1. The molecule has 2 aromatic rings. The third-order valence-electron chi connectivity index (χ3n) is 5.75. The molecule has 1 saturated heterocycles. The van der Waals surface area contributed by atoms with Crippen LogP contribution >= 0.6 is 0 Å². The average molecular weight is 495 g/mol. The van der Waals surface area contributed by atoms with Gasteiger partial charge in [-0.3, -0.25) is 4.79 Å². The summed E-state index contributed by atoms with van der Waals surface area (Å²) in [5.41, 5.74) is 0.0850. The number of hydrogen-bond donors (Lipinski definition) is 0. The van der Waals surface area contributed by atoms with Crippen LogP contribution in [-0.4, -0.2) is 37.6 Å². The summed E-state index contributed by atoms with van der Waals surface area (Å²) in [5.74, 6) is -0.738. The van der Waals surface area contributed by atoms with Gasteiger partial charge in [-0.05, 0) is 56.5 Å². The van der Waals surface area contributed by atoms with E-state index in [1.165, 1.54) is 32.0 Å². The zero-order valence-corrected chi connectivity index (χ0v) is 19.6. The van der Waals surface area contributed by atoms with E-state index >= 15 is 0 Å². The Morgan fingerprint density at radius 2 is 1.79 bits per heavy atom. The summed E-state index contributed by atoms with van der Waals surface area (Å²) in [7, 11) is -3.96. The first-order valence-corrected chi connectivity index (χ1v) is 12.3. The summed E-state index contributed by atoms with van der Waals surface area (Å²) >= 11 is 0. The van der Waals surface area contributed by atoms with E-state index in [9.17, 15) is 26.4 Å². The predicted octanol–water partition coefficient (Wildman–Crippen LogP) is 4.15. The maximum Gasteiger partial charge on any atom is 0.417 e. The van der Waals surface area contributed by atoms with Crippen LogP contribution in [0.25, 0.3) is 0 Å². The van der Waals surface area contributed by atoms with Gasteiger partial charge in [-0.15, -0.1) is 0 Å². The van der Waals surface area contributed by atoms with Crippen molar-refractivity contribution in [3.05, 3.63) is 53.7 Å². The number of aromatic nitrogens is 1. The number of pyridine rings is 1. The Bertz CT molecular complexity index is 1150. The molecule has 3 rings (SSSR count). The van der Waals surface area contributed by atoms with Crippen molar-refractivity contribution in [2.75, 3.05) is 22.3 Å². The molecule has 0 bridgehead atoms. The number of piperidine rings is 1. The highest BCUT2D eigenvalue weighted by molar-refractivity contribution is 7.94. The fourth-order valence-electron chi connectivity index (χ4n) is 3.71. The van der Waals surface area contributed by atoms with Crippen molar-refractivity contribution < 1.29 is 26.4 Å². The Hall–Kier alpha value is -3.13. The van der Waals surface area contributed by atoms with Crippen molar-refractivity contribution in [3.8, 4) is 6.07 Å². The van der Waals surface area contributed by atoms with E-state index in [0.717, 1.165) is 16.6 Å². The van der Waals surface area contributed by atoms with Crippen LogP contribution in [0, 0.1) is 17.2 Å². The number of nitrogens with zero attached hydrogens (tertiary/aromatic N) is 4. The zero-order valence-electron chi connectivity index (χ0n) is 18.8. The van der Waals surface area contributed by atoms with Crippen LogP contribution < -0.4 is 9.21 Å². The second-order valence-corrected chi connectivity index (χ2v) is 10.7. The Balaban J connectivity index is 1.77. The van der Waals surface area contributed by atoms with Crippen LogP contribution in [0.3, 0.4) is 0 Å². The van der Waals surface area contributed by atoms with Gasteiger partial charge in [0.2, 0.25) is 15.9 Å². The van der Waals surface area contributed by atoms with Gasteiger partial charge in [0.05, 0.1) is 29.0 Å². The van der Waals surface area contributed by atoms with Crippen molar-refractivity contribution in [2.45, 2.75) is 44.5 Å². The van der Waals surface area contributed by atoms with Gasteiger partial charge in [-0.1, -0.05) is 12.1 Å². The number of anilines is 2. The summed E-state index contributed by atoms with van der Waals surface area (Å²) in [4.78, 5) is 19.1. The standard InChI is InChI=1S/C23H25F3N4O3S/c1-16(2)34(32,33)30(20-6-3-17(4-7-20)9-12-27)22(31)18-10-13-29(14-11-18)21-8-5-19(15-28-21)23(24,25)26/h3-8,15-16,18H,9-11,13-14H2,1-2H3. The smallest absolute Gasteiger partial charge is 0.357 e. The molecule has 2 heterocycles. The number of carbonyl (C=O) groups is 1. The van der Waals surface area contributed by atoms with Crippen molar-refractivity contribution >= 4 is 27.4 Å². The fraction of sp³-hybridized carbons (Fsp3) is 0.435. The molecule has 1 amide bonds. The van der Waals surface area contributed by atoms with Crippen molar-refractivity contribution in [1.29, 1.82) is 5.26 Å². The molecule has 11 heteroatoms. The minimum Gasteiger partial charge on any atom is -0.357 e. The van der Waals surface area contributed by atoms with Crippen LogP contribution in [0.15, 0.2) is 42.6 Å². The van der Waals surface area contributed by atoms with E-state index in [0.29, 0.717) is 37.3 Å². The zero-order chi connectivity index (χ0) is 25.1. The van der Waals surface area contributed by atoms with Gasteiger partial charge in [0.1, 0.15) is 5.82 Å². The number of alkyl halides is 3. The van der Waals surface area contributed by atoms with Crippen LogP contribution in [0.2, 0.25) is 0 Å². The SMILES string of the molecule is CC(C)S(=O)(=O)N(C(=O)C1CCN(c2ccc(C(F)(F)F)cn2)CC1)c1ccc(CC#N)cc1. The van der Waals surface area contributed by atoms with Gasteiger partial charge in [-0.25, -0.2) is 17.7 Å². The van der Waals surface area contributed by atoms with Crippen molar-refractivity contribution in [3.63, 3.8) is 0 Å². The third kappa shape index (κ3) is 5.50. The fourth-order valence-corrected chi connectivity index (χ4v) is 4.95. The highest BCUT2D eigenvalue weighted by Gasteiger charge is 2.38. The number of sulfonamides is 1. The summed E-state index contributed by atoms with van der Waals surface area (Å²) in [6.07, 6.45) is -2.86. The van der Waals surface area contributed by atoms with E-state index < -0.39 is 38.8 Å². The molecule has 0 atom stereocenters. The number of halogens is 3. The summed E-state index contributed by atoms with van der Waals surface area (Å²) in [6, 6.07) is 10.6. The van der Waals surface area contributed by atoms with Gasteiger partial charge in [0, 0.05) is 25.2 Å². The second-order valence-electron chi connectivity index (χ2n) is 8.36. The molecule has 1 aromatic heterocycles. The lowest BCUT2D eigenvalue weighted by Crippen LogP contribution is -2.47. The lowest BCUT2D eigenvalue weighted by molar-refractivity contribution is -0.137. The number of rotatable bonds is 6. The molecule has 1 aliphatic rings. The van der Waals surface area contributed by atoms with Gasteiger partial charge in [0.25, 0.3) is 0 Å². The minimum atomic E-state index is -4.47. The molecule has 0 radical (unpaired) electrons. The molecule has 1 aromatic carbocycles. The first-order valence-electron chi connectivity index (χ1n) is 10.8. The molecular weight excluding hydrogens is 469 g/mol. The van der Waals surface area contributed by atoms with E-state index in [4.69, 9.17) is 5.26 Å². The highest BCUT2D eigenvalue weighted by atomic mass is 32.2. The van der Waals surface area contributed by atoms with E-state index in [1.807, 2.05) is 6.07 Å². The summed E-state index contributed by atoms with van der Waals surface area (Å²) in [6.45, 7) is 3.70. The molecule has 7 nitrogen and oxygen atoms in total. The molecule has 0 spiro atoms. The monoisotopic (exact) mass is 494 g/mol. The van der Waals surface area contributed by atoms with Crippen molar-refractivity contribution in [2.24, 2.45) is 5.92 Å². The quantitative estimate of drug-likeness (QED) is 0.599. The van der Waals surface area contributed by atoms with Gasteiger partial charge in [0.15, 0.2) is 0 Å². The molecule has 34 heavy (non-hydrogen) atoms. The van der Waals surface area contributed by atoms with Crippen LogP contribution in [0.1, 0.15) is 37.8 Å². The molecule has 0 saturated carbocycles. The van der Waals surface area contributed by atoms with E-state index in [1.54, 1.807) is 17.0 Å². The third-order valence-corrected chi connectivity index (χ3v) is 7.84. The van der Waals surface area contributed by atoms with Crippen LogP contribution in [0.5, 0.6) is 0 Å². The Morgan fingerprint density at radius 3 is 2.26 bits per heavy atom. The first kappa shape index (κ1) is 25.5. The van der Waals surface area contributed by atoms with Crippen LogP contribution in [-0.2, 0) is 27.4 Å². The Labute approximate surface area is 196 Å². The molecule has 182 valence electrons. The summed E-state index contributed by atoms with van der Waals surface area (Å²) < 4.78 is 65.3. The average Bonchev–Trinajstić information content (AvgIpc) is 2.80. The van der Waals surface area contributed by atoms with E-state index in [-0.39, 0.29) is 12.1 Å². The first-order chi connectivity index (χ1) is 15.9. The molecule has 0 unspecified atom stereocenters. The van der Waals surface area contributed by atoms with E-state index in [2.05, 4.69) is 4.98 Å². The lowest BCUT2D eigenvalue weighted by atomic mass is 9.95. The predicted molar refractivity (Wildman–Crippen MR) is 121 cm³/mol. The maximum atomic E-state index is 13.4. The largest absolute Gasteiger partial charge is 0.417 e. The minimum absolute atomic E-state index is 0.168. The number of hydrogen-bond acceptors (Lipinski definition) is 6. The van der Waals surface area contributed by atoms with Crippen molar-refractivity contribution in [1.82, 2.24) is 4.98 Å². The van der Waals surface area contributed by atoms with Gasteiger partial charge >= 0.3 is 6.18 Å². The maximum absolute atomic E-state index is 13.4. The Morgan fingerprint density at radius 1 is 1.18 bits per heavy atom. The number of amides is 1. The Kier molecular flexibility index (Phi) is 7.51. The van der Waals surface area contributed by atoms with Gasteiger partial charge < -0.3 is 4.90 Å². The molecular formula is C23H25F3N4O3S. The molecule has 1 fully saturated rings. The lowest BCUT2D eigenvalue weighted by Gasteiger charge is -2.35. The second kappa shape index (κ2) is 10.0. The topological polar surface area (TPSA) is 94.4 Å². The highest BCUT2D eigenvalue weighted by Crippen LogP contribution is 2.31. The number of benzene rings is 1.